The lowest BCUT2D eigenvalue weighted by Gasteiger charge is -2.42. The lowest BCUT2D eigenvalue weighted by molar-refractivity contribution is -0.138. The minimum absolute atomic E-state index is 0.157. The smallest absolute Gasteiger partial charge is 0.225 e. The maximum atomic E-state index is 13.3. The Hall–Kier alpha value is -2.86. The second-order valence-corrected chi connectivity index (χ2v) is 10.9. The number of amides is 1. The Balaban J connectivity index is 1.06. The Morgan fingerprint density at radius 3 is 2.33 bits per heavy atom. The highest BCUT2D eigenvalue weighted by atomic mass is 16.2. The maximum absolute atomic E-state index is 13.3. The lowest BCUT2D eigenvalue weighted by Crippen LogP contribution is -2.54. The van der Waals surface area contributed by atoms with Gasteiger partial charge in [-0.05, 0) is 43.4 Å². The van der Waals surface area contributed by atoms with Crippen LogP contribution in [0, 0.1) is 5.92 Å². The molecule has 36 heavy (non-hydrogen) atoms. The Bertz CT molecular complexity index is 1150. The zero-order valence-corrected chi connectivity index (χ0v) is 21.4. The molecule has 1 amide bonds. The van der Waals surface area contributed by atoms with Gasteiger partial charge in [-0.15, -0.1) is 0 Å². The average molecular weight is 486 g/mol. The highest BCUT2D eigenvalue weighted by Gasteiger charge is 2.32. The molecule has 190 valence electrons. The third-order valence-corrected chi connectivity index (χ3v) is 8.73. The number of pyridine rings is 1. The van der Waals surface area contributed by atoms with Crippen molar-refractivity contribution in [1.82, 2.24) is 19.4 Å². The molecule has 3 aliphatic rings. The summed E-state index contributed by atoms with van der Waals surface area (Å²) in [5.74, 6) is 1.61. The van der Waals surface area contributed by atoms with Crippen LogP contribution in [-0.2, 0) is 11.3 Å². The van der Waals surface area contributed by atoms with Crippen molar-refractivity contribution in [3.8, 4) is 0 Å². The highest BCUT2D eigenvalue weighted by Crippen LogP contribution is 2.31. The molecule has 3 fully saturated rings. The zero-order chi connectivity index (χ0) is 24.3. The number of hydrogen-bond donors (Lipinski definition) is 0. The molecule has 0 bridgehead atoms. The maximum Gasteiger partial charge on any atom is 0.225 e. The van der Waals surface area contributed by atoms with Crippen LogP contribution in [0.3, 0.4) is 0 Å². The number of carbonyl (C=O) groups excluding carboxylic acids is 1. The topological polar surface area (TPSA) is 44.6 Å². The van der Waals surface area contributed by atoms with Crippen molar-refractivity contribution in [2.24, 2.45) is 5.92 Å². The molecule has 1 aromatic carbocycles. The quantitative estimate of drug-likeness (QED) is 0.522. The molecule has 2 saturated heterocycles. The molecule has 0 spiro atoms. The van der Waals surface area contributed by atoms with Crippen LogP contribution in [0.25, 0.3) is 10.9 Å². The highest BCUT2D eigenvalue weighted by molar-refractivity contribution is 5.91. The van der Waals surface area contributed by atoms with Gasteiger partial charge in [0.1, 0.15) is 5.82 Å². The van der Waals surface area contributed by atoms with E-state index in [4.69, 9.17) is 4.98 Å². The summed E-state index contributed by atoms with van der Waals surface area (Å²) >= 11 is 0. The van der Waals surface area contributed by atoms with Gasteiger partial charge in [-0.1, -0.05) is 49.6 Å². The normalized spacial score (nSPS) is 20.8. The largest absolute Gasteiger partial charge is 0.356 e. The van der Waals surface area contributed by atoms with Crippen molar-refractivity contribution in [2.45, 2.75) is 57.5 Å². The Morgan fingerprint density at radius 2 is 1.58 bits per heavy atom. The fourth-order valence-corrected chi connectivity index (χ4v) is 6.63. The van der Waals surface area contributed by atoms with Crippen LogP contribution in [0.4, 0.5) is 5.82 Å². The Kier molecular flexibility index (Phi) is 6.95. The number of nitrogens with zero attached hydrogens (tertiary/aromatic N) is 5. The molecule has 6 heteroatoms. The molecule has 6 nitrogen and oxygen atoms in total. The summed E-state index contributed by atoms with van der Waals surface area (Å²) in [7, 11) is 0. The van der Waals surface area contributed by atoms with Gasteiger partial charge in [-0.25, -0.2) is 4.98 Å². The van der Waals surface area contributed by atoms with E-state index in [0.29, 0.717) is 5.91 Å². The van der Waals surface area contributed by atoms with Crippen LogP contribution < -0.4 is 4.90 Å². The lowest BCUT2D eigenvalue weighted by atomic mass is 9.93. The first-order valence-electron chi connectivity index (χ1n) is 14.0. The Labute approximate surface area is 214 Å². The SMILES string of the molecule is O=C(C1CCN(c2nccc3c2ccn3Cc2ccccc2)CC1)N1CCN(C2CCCCC2)CC1. The average Bonchev–Trinajstić information content (AvgIpc) is 3.37. The van der Waals surface area contributed by atoms with Crippen molar-refractivity contribution in [1.29, 1.82) is 0 Å². The molecule has 3 aromatic rings. The summed E-state index contributed by atoms with van der Waals surface area (Å²) in [5, 5.41) is 1.21. The van der Waals surface area contributed by atoms with Crippen LogP contribution >= 0.6 is 0 Å². The van der Waals surface area contributed by atoms with Gasteiger partial charge in [0.15, 0.2) is 0 Å². The molecular weight excluding hydrogens is 446 g/mol. The fourth-order valence-electron chi connectivity index (χ4n) is 6.63. The zero-order valence-electron chi connectivity index (χ0n) is 21.4. The van der Waals surface area contributed by atoms with Gasteiger partial charge in [0.2, 0.25) is 5.91 Å². The van der Waals surface area contributed by atoms with Crippen molar-refractivity contribution >= 4 is 22.6 Å². The van der Waals surface area contributed by atoms with E-state index in [1.165, 1.54) is 48.6 Å². The number of piperazine rings is 1. The van der Waals surface area contributed by atoms with Gasteiger partial charge in [-0.2, -0.15) is 0 Å². The van der Waals surface area contributed by atoms with Crippen LogP contribution in [-0.4, -0.2) is 70.6 Å². The van der Waals surface area contributed by atoms with Crippen molar-refractivity contribution in [2.75, 3.05) is 44.2 Å². The van der Waals surface area contributed by atoms with Gasteiger partial charge in [-0.3, -0.25) is 9.69 Å². The van der Waals surface area contributed by atoms with Crippen LogP contribution in [0.2, 0.25) is 0 Å². The van der Waals surface area contributed by atoms with E-state index in [2.05, 4.69) is 67.9 Å². The predicted octanol–water partition coefficient (Wildman–Crippen LogP) is 4.78. The number of rotatable bonds is 5. The summed E-state index contributed by atoms with van der Waals surface area (Å²) in [6.07, 6.45) is 12.8. The fraction of sp³-hybridized carbons (Fsp3) is 0.533. The van der Waals surface area contributed by atoms with Crippen LogP contribution in [0.1, 0.15) is 50.5 Å². The first-order valence-corrected chi connectivity index (χ1v) is 14.0. The molecule has 0 atom stereocenters. The van der Waals surface area contributed by atoms with Gasteiger partial charge in [0.05, 0.1) is 5.52 Å². The van der Waals surface area contributed by atoms with Gasteiger partial charge in [0.25, 0.3) is 0 Å². The second kappa shape index (κ2) is 10.6. The van der Waals surface area contributed by atoms with Crippen LogP contribution in [0.5, 0.6) is 0 Å². The third kappa shape index (κ3) is 4.88. The number of carbonyl (C=O) groups is 1. The van der Waals surface area contributed by atoms with Gasteiger partial charge >= 0.3 is 0 Å². The number of benzene rings is 1. The molecule has 2 aliphatic heterocycles. The standard InChI is InChI=1S/C30H39N5O/c36-30(34-21-19-32(20-22-34)26-9-5-2-6-10-26)25-12-16-33(17-13-25)29-27-14-18-35(28(27)11-15-31-29)23-24-7-3-1-4-8-24/h1,3-4,7-8,11,14-15,18,25-26H,2,5-6,9-10,12-13,16-17,19-23H2. The molecule has 4 heterocycles. The van der Waals surface area contributed by atoms with Crippen molar-refractivity contribution in [3.63, 3.8) is 0 Å². The van der Waals surface area contributed by atoms with Crippen molar-refractivity contribution in [3.05, 3.63) is 60.4 Å². The molecule has 1 aliphatic carbocycles. The number of piperidine rings is 1. The van der Waals surface area contributed by atoms with Crippen LogP contribution in [0.15, 0.2) is 54.9 Å². The van der Waals surface area contributed by atoms with E-state index in [0.717, 1.165) is 70.5 Å². The van der Waals surface area contributed by atoms with E-state index in [-0.39, 0.29) is 5.92 Å². The summed E-state index contributed by atoms with van der Waals surface area (Å²) in [5.41, 5.74) is 2.52. The molecule has 0 unspecified atom stereocenters. The Morgan fingerprint density at radius 1 is 0.833 bits per heavy atom. The monoisotopic (exact) mass is 485 g/mol. The minimum atomic E-state index is 0.157. The summed E-state index contributed by atoms with van der Waals surface area (Å²) in [4.78, 5) is 25.3. The summed E-state index contributed by atoms with van der Waals surface area (Å²) in [6.45, 7) is 6.58. The molecule has 0 N–H and O–H groups in total. The van der Waals surface area contributed by atoms with E-state index in [9.17, 15) is 4.79 Å². The molecule has 2 aromatic heterocycles. The predicted molar refractivity (Wildman–Crippen MR) is 145 cm³/mol. The van der Waals surface area contributed by atoms with Crippen molar-refractivity contribution < 1.29 is 4.79 Å². The molecule has 0 radical (unpaired) electrons. The number of aromatic nitrogens is 2. The summed E-state index contributed by atoms with van der Waals surface area (Å²) in [6, 6.07) is 15.7. The van der Waals surface area contributed by atoms with E-state index < -0.39 is 0 Å². The molecule has 6 rings (SSSR count). The second-order valence-electron chi connectivity index (χ2n) is 10.9. The minimum Gasteiger partial charge on any atom is -0.356 e. The number of fused-ring (bicyclic) bond motifs is 1. The van der Waals surface area contributed by atoms with Gasteiger partial charge in [0, 0.05) is 75.6 Å². The first-order chi connectivity index (χ1) is 17.8. The van der Waals surface area contributed by atoms with E-state index >= 15 is 0 Å². The number of anilines is 1. The van der Waals surface area contributed by atoms with E-state index in [1.807, 2.05) is 6.20 Å². The number of hydrogen-bond acceptors (Lipinski definition) is 4. The summed E-state index contributed by atoms with van der Waals surface area (Å²) < 4.78 is 2.30. The molecule has 1 saturated carbocycles. The molecular formula is C30H39N5O. The van der Waals surface area contributed by atoms with Gasteiger partial charge < -0.3 is 14.4 Å². The third-order valence-electron chi connectivity index (χ3n) is 8.73. The first kappa shape index (κ1) is 23.5. The van der Waals surface area contributed by atoms with E-state index in [1.54, 1.807) is 0 Å².